The van der Waals surface area contributed by atoms with Crippen LogP contribution in [0.15, 0.2) is 54.6 Å². The van der Waals surface area contributed by atoms with Crippen molar-refractivity contribution in [2.75, 3.05) is 0 Å². The van der Waals surface area contributed by atoms with Gasteiger partial charge in [0.1, 0.15) is 12.4 Å². The number of amides is 2. The van der Waals surface area contributed by atoms with Crippen molar-refractivity contribution in [3.05, 3.63) is 71.4 Å². The zero-order valence-corrected chi connectivity index (χ0v) is 18.3. The van der Waals surface area contributed by atoms with Gasteiger partial charge < -0.3 is 15.2 Å². The summed E-state index contributed by atoms with van der Waals surface area (Å²) >= 11 is 0. The maximum Gasteiger partial charge on any atom is 0.251 e. The van der Waals surface area contributed by atoms with Gasteiger partial charge in [-0.25, -0.2) is 5.48 Å². The molecule has 0 spiro atoms. The van der Waals surface area contributed by atoms with Crippen LogP contribution in [0.4, 0.5) is 0 Å². The van der Waals surface area contributed by atoms with Gasteiger partial charge in [0.15, 0.2) is 0 Å². The van der Waals surface area contributed by atoms with Gasteiger partial charge >= 0.3 is 0 Å². The lowest BCUT2D eigenvalue weighted by Crippen LogP contribution is -2.54. The zero-order valence-electron chi connectivity index (χ0n) is 18.3. The van der Waals surface area contributed by atoms with Crippen molar-refractivity contribution in [3.8, 4) is 5.75 Å². The Kier molecular flexibility index (Phi) is 6.86. The van der Waals surface area contributed by atoms with Gasteiger partial charge in [-0.05, 0) is 62.6 Å². The van der Waals surface area contributed by atoms with Crippen molar-refractivity contribution in [2.45, 2.75) is 44.9 Å². The Morgan fingerprint density at radius 2 is 1.88 bits per heavy atom. The SMILES string of the molecule is Cc1cc(COc2ccc(C(=O)N[C@H]3[C@@H](O)CCC[C@H]3C(=O)NO)cc2)c2ccccc2n1. The number of hydrogen-bond acceptors (Lipinski definition) is 6. The van der Waals surface area contributed by atoms with Crippen LogP contribution in [0.2, 0.25) is 0 Å². The summed E-state index contributed by atoms with van der Waals surface area (Å²) in [5.74, 6) is -1.09. The topological polar surface area (TPSA) is 121 Å². The van der Waals surface area contributed by atoms with Crippen LogP contribution in [0.1, 0.15) is 40.9 Å². The molecule has 2 aromatic carbocycles. The normalized spacial score (nSPS) is 20.3. The quantitative estimate of drug-likeness (QED) is 0.339. The molecule has 0 aliphatic heterocycles. The molecule has 172 valence electrons. The summed E-state index contributed by atoms with van der Waals surface area (Å²) in [5.41, 5.74) is 4.87. The Morgan fingerprint density at radius 3 is 2.64 bits per heavy atom. The van der Waals surface area contributed by atoms with Gasteiger partial charge in [-0.15, -0.1) is 0 Å². The number of hydrogen-bond donors (Lipinski definition) is 4. The Balaban J connectivity index is 1.42. The van der Waals surface area contributed by atoms with Gasteiger partial charge in [-0.3, -0.25) is 19.8 Å². The summed E-state index contributed by atoms with van der Waals surface area (Å²) in [5, 5.41) is 23.0. The zero-order chi connectivity index (χ0) is 23.4. The predicted molar refractivity (Wildman–Crippen MR) is 122 cm³/mol. The molecule has 0 unspecified atom stereocenters. The smallest absolute Gasteiger partial charge is 0.251 e. The Hall–Kier alpha value is -3.49. The van der Waals surface area contributed by atoms with Crippen LogP contribution in [-0.2, 0) is 11.4 Å². The Labute approximate surface area is 191 Å². The highest BCUT2D eigenvalue weighted by Crippen LogP contribution is 2.26. The van der Waals surface area contributed by atoms with Crippen molar-refractivity contribution in [3.63, 3.8) is 0 Å². The van der Waals surface area contributed by atoms with Crippen LogP contribution in [0.3, 0.4) is 0 Å². The molecular formula is C25H27N3O5. The van der Waals surface area contributed by atoms with Gasteiger partial charge in [0, 0.05) is 22.2 Å². The number of benzene rings is 2. The summed E-state index contributed by atoms with van der Waals surface area (Å²) in [7, 11) is 0. The molecule has 2 amide bonds. The molecule has 3 aromatic rings. The standard InChI is InChI=1S/C25H27N3O5/c1-15-13-17(19-5-2-3-7-21(19)26-15)14-33-18-11-9-16(10-12-18)24(30)27-23-20(25(31)28-32)6-4-8-22(23)29/h2-3,5,7,9-13,20,22-23,29,32H,4,6,8,14H2,1H3,(H,27,30)(H,28,31)/t20-,22+,23-/m1/s1. The fraction of sp³-hybridized carbons (Fsp3) is 0.320. The average Bonchev–Trinajstić information content (AvgIpc) is 2.83. The van der Waals surface area contributed by atoms with E-state index in [2.05, 4.69) is 10.3 Å². The molecule has 33 heavy (non-hydrogen) atoms. The van der Waals surface area contributed by atoms with Crippen molar-refractivity contribution < 1.29 is 24.6 Å². The summed E-state index contributed by atoms with van der Waals surface area (Å²) in [4.78, 5) is 29.2. The fourth-order valence-corrected chi connectivity index (χ4v) is 4.36. The van der Waals surface area contributed by atoms with E-state index in [4.69, 9.17) is 9.94 Å². The third-order valence-electron chi connectivity index (χ3n) is 6.05. The van der Waals surface area contributed by atoms with E-state index in [1.807, 2.05) is 37.3 Å². The van der Waals surface area contributed by atoms with E-state index < -0.39 is 29.9 Å². The van der Waals surface area contributed by atoms with Gasteiger partial charge in [-0.1, -0.05) is 18.2 Å². The second kappa shape index (κ2) is 9.97. The molecule has 0 bridgehead atoms. The summed E-state index contributed by atoms with van der Waals surface area (Å²) in [6, 6.07) is 15.8. The average molecular weight is 450 g/mol. The maximum absolute atomic E-state index is 12.7. The van der Waals surface area contributed by atoms with Gasteiger partial charge in [-0.2, -0.15) is 0 Å². The number of aromatic nitrogens is 1. The first-order valence-electron chi connectivity index (χ1n) is 11.0. The molecular weight excluding hydrogens is 422 g/mol. The minimum atomic E-state index is -0.855. The van der Waals surface area contributed by atoms with E-state index in [9.17, 15) is 14.7 Å². The van der Waals surface area contributed by atoms with Gasteiger partial charge in [0.05, 0.1) is 23.6 Å². The molecule has 1 heterocycles. The molecule has 1 aliphatic rings. The molecule has 8 nitrogen and oxygen atoms in total. The predicted octanol–water partition coefficient (Wildman–Crippen LogP) is 2.89. The highest BCUT2D eigenvalue weighted by Gasteiger charge is 2.37. The van der Waals surface area contributed by atoms with Crippen LogP contribution < -0.4 is 15.5 Å². The number of aliphatic hydroxyl groups excluding tert-OH is 1. The number of fused-ring (bicyclic) bond motifs is 1. The number of carbonyl (C=O) groups excluding carboxylic acids is 2. The molecule has 1 fully saturated rings. The molecule has 0 radical (unpaired) electrons. The van der Waals surface area contributed by atoms with Crippen LogP contribution in [0.25, 0.3) is 10.9 Å². The number of pyridine rings is 1. The molecule has 0 saturated heterocycles. The fourth-order valence-electron chi connectivity index (χ4n) is 4.36. The van der Waals surface area contributed by atoms with E-state index in [0.29, 0.717) is 37.2 Å². The second-order valence-corrected chi connectivity index (χ2v) is 8.33. The summed E-state index contributed by atoms with van der Waals surface area (Å²) < 4.78 is 5.94. The summed E-state index contributed by atoms with van der Waals surface area (Å²) in [6.07, 6.45) is 0.746. The van der Waals surface area contributed by atoms with Crippen LogP contribution in [0, 0.1) is 12.8 Å². The molecule has 4 rings (SSSR count). The van der Waals surface area contributed by atoms with E-state index in [0.717, 1.165) is 22.2 Å². The lowest BCUT2D eigenvalue weighted by atomic mass is 9.82. The third kappa shape index (κ3) is 5.13. The van der Waals surface area contributed by atoms with Crippen molar-refractivity contribution in [1.82, 2.24) is 15.8 Å². The number of rotatable bonds is 6. The molecule has 3 atom stereocenters. The monoisotopic (exact) mass is 449 g/mol. The summed E-state index contributed by atoms with van der Waals surface area (Å²) in [6.45, 7) is 2.31. The lowest BCUT2D eigenvalue weighted by molar-refractivity contribution is -0.137. The number of aryl methyl sites for hydroxylation is 1. The molecule has 1 saturated carbocycles. The highest BCUT2D eigenvalue weighted by atomic mass is 16.5. The molecule has 8 heteroatoms. The first-order valence-corrected chi connectivity index (χ1v) is 11.0. The first-order chi connectivity index (χ1) is 16.0. The maximum atomic E-state index is 12.7. The molecule has 4 N–H and O–H groups in total. The van der Waals surface area contributed by atoms with Crippen molar-refractivity contribution in [1.29, 1.82) is 0 Å². The highest BCUT2D eigenvalue weighted by molar-refractivity contribution is 5.95. The third-order valence-corrected chi connectivity index (χ3v) is 6.05. The van der Waals surface area contributed by atoms with E-state index in [1.165, 1.54) is 0 Å². The van der Waals surface area contributed by atoms with E-state index in [-0.39, 0.29) is 0 Å². The van der Waals surface area contributed by atoms with Crippen molar-refractivity contribution in [2.24, 2.45) is 5.92 Å². The second-order valence-electron chi connectivity index (χ2n) is 8.33. The van der Waals surface area contributed by atoms with Crippen LogP contribution in [-0.4, -0.2) is 39.3 Å². The number of aliphatic hydroxyl groups is 1. The largest absolute Gasteiger partial charge is 0.489 e. The van der Waals surface area contributed by atoms with E-state index in [1.54, 1.807) is 29.7 Å². The lowest BCUT2D eigenvalue weighted by Gasteiger charge is -2.34. The number of nitrogens with one attached hydrogen (secondary N) is 2. The number of ether oxygens (including phenoxy) is 1. The van der Waals surface area contributed by atoms with Crippen LogP contribution in [0.5, 0.6) is 5.75 Å². The Morgan fingerprint density at radius 1 is 1.12 bits per heavy atom. The van der Waals surface area contributed by atoms with Gasteiger partial charge in [0.25, 0.3) is 5.91 Å². The minimum absolute atomic E-state index is 0.363. The number of carbonyl (C=O) groups is 2. The van der Waals surface area contributed by atoms with Gasteiger partial charge in [0.2, 0.25) is 5.91 Å². The first kappa shape index (κ1) is 22.7. The minimum Gasteiger partial charge on any atom is -0.489 e. The number of para-hydroxylation sites is 1. The van der Waals surface area contributed by atoms with E-state index >= 15 is 0 Å². The van der Waals surface area contributed by atoms with Crippen LogP contribution >= 0.6 is 0 Å². The Bertz CT molecular complexity index is 1150. The van der Waals surface area contributed by atoms with Crippen molar-refractivity contribution >= 4 is 22.7 Å². The number of hydroxylamine groups is 1. The number of nitrogens with zero attached hydrogens (tertiary/aromatic N) is 1. The molecule has 1 aliphatic carbocycles. The molecule has 1 aromatic heterocycles.